The fourth-order valence-electron chi connectivity index (χ4n) is 4.51. The van der Waals surface area contributed by atoms with Gasteiger partial charge < -0.3 is 19.3 Å². The Morgan fingerprint density at radius 2 is 2.14 bits per heavy atom. The summed E-state index contributed by atoms with van der Waals surface area (Å²) < 4.78 is 31.3. The molecule has 0 fully saturated rings. The molecular formula is C24H23FN4O6. The molecule has 0 amide bonds. The lowest BCUT2D eigenvalue weighted by Gasteiger charge is -2.35. The molecule has 11 heteroatoms. The first-order valence-electron chi connectivity index (χ1n) is 10.9. The number of likely N-dealkylation sites (N-methyl/N-ethyl adjacent to an activating group) is 1. The molecule has 5 rings (SSSR count). The minimum absolute atomic E-state index is 0.0696. The van der Waals surface area contributed by atoms with Crippen LogP contribution in [0.5, 0.6) is 23.1 Å². The van der Waals surface area contributed by atoms with Gasteiger partial charge in [0.25, 0.3) is 5.56 Å². The number of aromatic amines is 1. The van der Waals surface area contributed by atoms with Crippen molar-refractivity contribution in [3.8, 4) is 28.8 Å². The van der Waals surface area contributed by atoms with Gasteiger partial charge in [-0.2, -0.15) is 0 Å². The summed E-state index contributed by atoms with van der Waals surface area (Å²) in [5.74, 6) is 0.549. The molecule has 2 aliphatic heterocycles. The second-order valence-corrected chi connectivity index (χ2v) is 8.27. The van der Waals surface area contributed by atoms with Crippen molar-refractivity contribution in [2.75, 3.05) is 34.0 Å². The molecule has 1 aromatic heterocycles. The lowest BCUT2D eigenvalue weighted by atomic mass is 9.91. The minimum atomic E-state index is -0.892. The molecule has 1 atom stereocenters. The van der Waals surface area contributed by atoms with E-state index in [0.717, 1.165) is 34.7 Å². The van der Waals surface area contributed by atoms with E-state index in [9.17, 15) is 19.1 Å². The van der Waals surface area contributed by atoms with Crippen LogP contribution in [-0.4, -0.2) is 59.8 Å². The van der Waals surface area contributed by atoms with Crippen LogP contribution in [-0.2, 0) is 6.42 Å². The van der Waals surface area contributed by atoms with E-state index in [1.807, 2.05) is 13.1 Å². The van der Waals surface area contributed by atoms with Crippen LogP contribution in [0.2, 0.25) is 0 Å². The minimum Gasteiger partial charge on any atom is -0.493 e. The zero-order valence-electron chi connectivity index (χ0n) is 19.1. The molecule has 0 bridgehead atoms. The molecule has 2 aliphatic rings. The second kappa shape index (κ2) is 8.91. The molecule has 0 aliphatic carbocycles. The van der Waals surface area contributed by atoms with Crippen molar-refractivity contribution in [2.24, 2.45) is 4.99 Å². The predicted molar refractivity (Wildman–Crippen MR) is 125 cm³/mol. The van der Waals surface area contributed by atoms with Crippen LogP contribution in [0, 0.1) is 5.82 Å². The quantitative estimate of drug-likeness (QED) is 0.532. The number of aliphatic imine (C=N–C) groups is 1. The molecule has 0 radical (unpaired) electrons. The summed E-state index contributed by atoms with van der Waals surface area (Å²) >= 11 is 0. The van der Waals surface area contributed by atoms with Crippen LogP contribution < -0.4 is 25.5 Å². The van der Waals surface area contributed by atoms with E-state index in [2.05, 4.69) is 14.9 Å². The lowest BCUT2D eigenvalue weighted by molar-refractivity contribution is 0.170. The Labute approximate surface area is 198 Å². The molecule has 182 valence electrons. The average molecular weight is 482 g/mol. The maximum atomic E-state index is 13.7. The zero-order chi connectivity index (χ0) is 24.7. The van der Waals surface area contributed by atoms with E-state index in [0.29, 0.717) is 17.2 Å². The number of ether oxygens (including phenoxy) is 3. The van der Waals surface area contributed by atoms with Gasteiger partial charge >= 0.3 is 5.69 Å². The van der Waals surface area contributed by atoms with Crippen LogP contribution in [0.3, 0.4) is 0 Å². The third-order valence-corrected chi connectivity index (χ3v) is 6.23. The van der Waals surface area contributed by atoms with Crippen LogP contribution in [0.15, 0.2) is 44.9 Å². The van der Waals surface area contributed by atoms with E-state index in [4.69, 9.17) is 14.2 Å². The largest absolute Gasteiger partial charge is 0.493 e. The number of methoxy groups -OCH3 is 1. The summed E-state index contributed by atoms with van der Waals surface area (Å²) in [5.41, 5.74) is 0.139. The van der Waals surface area contributed by atoms with Crippen molar-refractivity contribution in [3.05, 3.63) is 73.7 Å². The number of nitrogens with zero attached hydrogens (tertiary/aromatic N) is 3. The molecule has 0 spiro atoms. The molecule has 2 aromatic carbocycles. The van der Waals surface area contributed by atoms with Gasteiger partial charge in [-0.3, -0.25) is 19.7 Å². The molecule has 0 unspecified atom stereocenters. The van der Waals surface area contributed by atoms with Gasteiger partial charge in [0.1, 0.15) is 11.4 Å². The average Bonchev–Trinajstić information content (AvgIpc) is 3.29. The number of fused-ring (bicyclic) bond motifs is 2. The zero-order valence-corrected chi connectivity index (χ0v) is 19.1. The van der Waals surface area contributed by atoms with E-state index >= 15 is 0 Å². The van der Waals surface area contributed by atoms with E-state index in [1.54, 1.807) is 7.11 Å². The maximum absolute atomic E-state index is 13.7. The molecule has 0 saturated heterocycles. The SMILES string of the molecule is COc1c2c(cc3c1[C@H](CN=Cc1c(O)n(-c4cccc(F)c4)c(=O)[nH]c1=O)N(C)CC3)OCO2. The normalized spacial score (nSPS) is 17.1. The van der Waals surface area contributed by atoms with Crippen LogP contribution in [0.25, 0.3) is 5.69 Å². The van der Waals surface area contributed by atoms with Crippen molar-refractivity contribution in [2.45, 2.75) is 12.5 Å². The first kappa shape index (κ1) is 22.7. The first-order valence-corrected chi connectivity index (χ1v) is 10.9. The van der Waals surface area contributed by atoms with Gasteiger partial charge in [0.05, 0.1) is 25.4 Å². The third-order valence-electron chi connectivity index (χ3n) is 6.23. The van der Waals surface area contributed by atoms with Crippen molar-refractivity contribution in [1.82, 2.24) is 14.5 Å². The number of H-pyrrole nitrogens is 1. The van der Waals surface area contributed by atoms with E-state index < -0.39 is 22.9 Å². The molecule has 35 heavy (non-hydrogen) atoms. The lowest BCUT2D eigenvalue weighted by Crippen LogP contribution is -2.34. The van der Waals surface area contributed by atoms with Gasteiger partial charge in [0, 0.05) is 18.3 Å². The van der Waals surface area contributed by atoms with E-state index in [-0.39, 0.29) is 30.6 Å². The fraction of sp³-hybridized carbons (Fsp3) is 0.292. The van der Waals surface area contributed by atoms with Gasteiger partial charge in [-0.15, -0.1) is 0 Å². The smallest absolute Gasteiger partial charge is 0.335 e. The highest BCUT2D eigenvalue weighted by Gasteiger charge is 2.33. The Hall–Kier alpha value is -4.12. The highest BCUT2D eigenvalue weighted by Crippen LogP contribution is 2.49. The van der Waals surface area contributed by atoms with Gasteiger partial charge in [-0.25, -0.2) is 13.8 Å². The monoisotopic (exact) mass is 482 g/mol. The number of hydrogen-bond acceptors (Lipinski definition) is 8. The van der Waals surface area contributed by atoms with E-state index in [1.165, 1.54) is 24.4 Å². The summed E-state index contributed by atoms with van der Waals surface area (Å²) in [4.78, 5) is 33.4. The number of nitrogens with one attached hydrogen (secondary N) is 1. The molecule has 3 aromatic rings. The van der Waals surface area contributed by atoms with Crippen molar-refractivity contribution in [3.63, 3.8) is 0 Å². The third kappa shape index (κ3) is 3.93. The summed E-state index contributed by atoms with van der Waals surface area (Å²) in [7, 11) is 3.53. The highest BCUT2D eigenvalue weighted by atomic mass is 19.1. The van der Waals surface area contributed by atoms with Gasteiger partial charge in [-0.05, 0) is 43.3 Å². The Kier molecular flexibility index (Phi) is 5.77. The Bertz CT molecular complexity index is 1450. The number of rotatable bonds is 5. The fourth-order valence-corrected chi connectivity index (χ4v) is 4.51. The highest BCUT2D eigenvalue weighted by molar-refractivity contribution is 5.82. The Morgan fingerprint density at radius 1 is 1.31 bits per heavy atom. The molecule has 3 heterocycles. The molecular weight excluding hydrogens is 459 g/mol. The van der Waals surface area contributed by atoms with Crippen molar-refractivity contribution in [1.29, 1.82) is 0 Å². The standard InChI is InChI=1S/C24H23FN4O6/c1-28-7-6-13-8-18-20(35-12-34-18)21(33-2)19(13)17(28)11-26-10-16-22(30)27-24(32)29(23(16)31)15-5-3-4-14(25)9-15/h3-5,8-10,17,31H,6-7,11-12H2,1-2H3,(H,27,30,32)/t17-/m0/s1. The summed E-state index contributed by atoms with van der Waals surface area (Å²) in [6, 6.07) is 6.87. The maximum Gasteiger partial charge on any atom is 0.335 e. The van der Waals surface area contributed by atoms with Gasteiger partial charge in [0.15, 0.2) is 11.5 Å². The van der Waals surface area contributed by atoms with Crippen LogP contribution in [0.4, 0.5) is 4.39 Å². The number of hydrogen-bond donors (Lipinski definition) is 2. The number of benzene rings is 2. The predicted octanol–water partition coefficient (Wildman–Crippen LogP) is 1.76. The summed E-state index contributed by atoms with van der Waals surface area (Å²) in [6.07, 6.45) is 2.00. The van der Waals surface area contributed by atoms with Crippen molar-refractivity contribution < 1.29 is 23.7 Å². The number of aromatic hydroxyl groups is 1. The topological polar surface area (TPSA) is 118 Å². The van der Waals surface area contributed by atoms with Gasteiger partial charge in [0.2, 0.25) is 18.4 Å². The summed E-state index contributed by atoms with van der Waals surface area (Å²) in [5, 5.41) is 10.7. The molecule has 10 nitrogen and oxygen atoms in total. The Morgan fingerprint density at radius 3 is 2.91 bits per heavy atom. The van der Waals surface area contributed by atoms with Crippen LogP contribution >= 0.6 is 0 Å². The summed E-state index contributed by atoms with van der Waals surface area (Å²) in [6.45, 7) is 1.13. The Balaban J connectivity index is 1.51. The first-order chi connectivity index (χ1) is 16.9. The molecule has 2 N–H and O–H groups in total. The number of halogens is 1. The van der Waals surface area contributed by atoms with Crippen molar-refractivity contribution >= 4 is 6.21 Å². The van der Waals surface area contributed by atoms with Crippen LogP contribution in [0.1, 0.15) is 22.7 Å². The second-order valence-electron chi connectivity index (χ2n) is 8.27. The molecule has 0 saturated carbocycles. The number of aromatic nitrogens is 2. The van der Waals surface area contributed by atoms with Gasteiger partial charge in [-0.1, -0.05) is 6.07 Å².